The van der Waals surface area contributed by atoms with Crippen LogP contribution in [0.3, 0.4) is 0 Å². The summed E-state index contributed by atoms with van der Waals surface area (Å²) in [6, 6.07) is 8.20. The van der Waals surface area contributed by atoms with Crippen molar-refractivity contribution in [3.63, 3.8) is 0 Å². The minimum atomic E-state index is -0.0116. The summed E-state index contributed by atoms with van der Waals surface area (Å²) in [6.07, 6.45) is 2.37. The van der Waals surface area contributed by atoms with Crippen LogP contribution in [0.2, 0.25) is 0 Å². The normalized spacial score (nSPS) is 17.1. The summed E-state index contributed by atoms with van der Waals surface area (Å²) in [6.45, 7) is 3.72. The second-order valence-corrected chi connectivity index (χ2v) is 4.33. The number of carbonyl (C=O) groups excluding carboxylic acids is 1. The number of anilines is 1. The highest BCUT2D eigenvalue weighted by Crippen LogP contribution is 2.26. The van der Waals surface area contributed by atoms with Crippen molar-refractivity contribution in [2.24, 2.45) is 0 Å². The lowest BCUT2D eigenvalue weighted by Crippen LogP contribution is -2.26. The number of hydrogen-bond acceptors (Lipinski definition) is 2. The third kappa shape index (κ3) is 2.83. The van der Waals surface area contributed by atoms with Crippen LogP contribution in [0.5, 0.6) is 0 Å². The van der Waals surface area contributed by atoms with Gasteiger partial charge in [-0.2, -0.15) is 0 Å². The maximum atomic E-state index is 11.0. The summed E-state index contributed by atoms with van der Waals surface area (Å²) in [7, 11) is 0. The zero-order chi connectivity index (χ0) is 11.4. The maximum Gasteiger partial charge on any atom is 0.221 e. The number of nitrogens with one attached hydrogen (secondary N) is 2. The number of rotatable bonds is 2. The van der Waals surface area contributed by atoms with Crippen LogP contribution >= 0.6 is 0 Å². The SMILES string of the molecule is CC(=O)Nc1cccc(C2CCNCC2)c1. The number of amides is 1. The van der Waals surface area contributed by atoms with Crippen molar-refractivity contribution < 1.29 is 4.79 Å². The zero-order valence-electron chi connectivity index (χ0n) is 9.62. The quantitative estimate of drug-likeness (QED) is 0.798. The Balaban J connectivity index is 2.11. The molecule has 3 nitrogen and oxygen atoms in total. The fraction of sp³-hybridized carbons (Fsp3) is 0.462. The molecule has 0 spiro atoms. The van der Waals surface area contributed by atoms with Gasteiger partial charge in [0, 0.05) is 12.6 Å². The van der Waals surface area contributed by atoms with Gasteiger partial charge < -0.3 is 10.6 Å². The molecule has 0 radical (unpaired) electrons. The van der Waals surface area contributed by atoms with E-state index >= 15 is 0 Å². The molecule has 86 valence electrons. The number of benzene rings is 1. The van der Waals surface area contributed by atoms with Gasteiger partial charge in [-0.1, -0.05) is 12.1 Å². The van der Waals surface area contributed by atoms with Gasteiger partial charge in [0.1, 0.15) is 0 Å². The predicted octanol–water partition coefficient (Wildman–Crippen LogP) is 2.11. The molecule has 1 aliphatic heterocycles. The lowest BCUT2D eigenvalue weighted by molar-refractivity contribution is -0.114. The third-order valence-corrected chi connectivity index (χ3v) is 3.02. The highest BCUT2D eigenvalue weighted by Gasteiger charge is 2.15. The Hall–Kier alpha value is -1.35. The average molecular weight is 218 g/mol. The average Bonchev–Trinajstić information content (AvgIpc) is 2.30. The van der Waals surface area contributed by atoms with Crippen molar-refractivity contribution >= 4 is 11.6 Å². The first kappa shape index (κ1) is 11.1. The van der Waals surface area contributed by atoms with Gasteiger partial charge in [-0.05, 0) is 49.5 Å². The minimum absolute atomic E-state index is 0.0116. The first-order valence-corrected chi connectivity index (χ1v) is 5.84. The Morgan fingerprint density at radius 2 is 2.12 bits per heavy atom. The molecule has 1 amide bonds. The second-order valence-electron chi connectivity index (χ2n) is 4.33. The van der Waals surface area contributed by atoms with Crippen molar-refractivity contribution in [2.45, 2.75) is 25.7 Å². The van der Waals surface area contributed by atoms with Crippen LogP contribution in [0.1, 0.15) is 31.2 Å². The Morgan fingerprint density at radius 1 is 1.38 bits per heavy atom. The fourth-order valence-corrected chi connectivity index (χ4v) is 2.23. The first-order valence-electron chi connectivity index (χ1n) is 5.84. The minimum Gasteiger partial charge on any atom is -0.326 e. The van der Waals surface area contributed by atoms with E-state index in [0.717, 1.165) is 18.8 Å². The van der Waals surface area contributed by atoms with E-state index in [-0.39, 0.29) is 5.91 Å². The van der Waals surface area contributed by atoms with Crippen LogP contribution in [-0.2, 0) is 4.79 Å². The van der Waals surface area contributed by atoms with Crippen LogP contribution in [0.25, 0.3) is 0 Å². The van der Waals surface area contributed by atoms with Gasteiger partial charge in [0.05, 0.1) is 0 Å². The molecule has 1 aromatic carbocycles. The van der Waals surface area contributed by atoms with Gasteiger partial charge in [-0.25, -0.2) is 0 Å². The van der Waals surface area contributed by atoms with E-state index in [1.807, 2.05) is 12.1 Å². The molecule has 0 aliphatic carbocycles. The molecule has 0 unspecified atom stereocenters. The standard InChI is InChI=1S/C13H18N2O/c1-10(16)15-13-4-2-3-12(9-13)11-5-7-14-8-6-11/h2-4,9,11,14H,5-8H2,1H3,(H,15,16). The molecular weight excluding hydrogens is 200 g/mol. The molecule has 0 atom stereocenters. The Kier molecular flexibility index (Phi) is 3.57. The summed E-state index contributed by atoms with van der Waals surface area (Å²) < 4.78 is 0. The molecule has 1 aromatic rings. The van der Waals surface area contributed by atoms with Crippen LogP contribution in [0, 0.1) is 0 Å². The Morgan fingerprint density at radius 3 is 2.81 bits per heavy atom. The summed E-state index contributed by atoms with van der Waals surface area (Å²) in [4.78, 5) is 11.0. The molecule has 2 rings (SSSR count). The zero-order valence-corrected chi connectivity index (χ0v) is 9.62. The van der Waals surface area contributed by atoms with E-state index in [2.05, 4.69) is 22.8 Å². The molecule has 3 heteroatoms. The summed E-state index contributed by atoms with van der Waals surface area (Å²) in [5.41, 5.74) is 2.25. The molecule has 0 saturated carbocycles. The molecule has 1 saturated heterocycles. The Labute approximate surface area is 96.2 Å². The van der Waals surface area contributed by atoms with Crippen LogP contribution in [0.15, 0.2) is 24.3 Å². The molecular formula is C13H18N2O. The van der Waals surface area contributed by atoms with Crippen molar-refractivity contribution in [1.82, 2.24) is 5.32 Å². The fourth-order valence-electron chi connectivity index (χ4n) is 2.23. The van der Waals surface area contributed by atoms with Gasteiger partial charge >= 0.3 is 0 Å². The lowest BCUT2D eigenvalue weighted by Gasteiger charge is -2.23. The topological polar surface area (TPSA) is 41.1 Å². The van der Waals surface area contributed by atoms with E-state index in [1.54, 1.807) is 0 Å². The summed E-state index contributed by atoms with van der Waals surface area (Å²) in [5, 5.41) is 6.19. The molecule has 0 bridgehead atoms. The first-order chi connectivity index (χ1) is 7.75. The summed E-state index contributed by atoms with van der Waals surface area (Å²) in [5.74, 6) is 0.623. The highest BCUT2D eigenvalue weighted by atomic mass is 16.1. The molecule has 16 heavy (non-hydrogen) atoms. The van der Waals surface area contributed by atoms with Crippen LogP contribution in [-0.4, -0.2) is 19.0 Å². The summed E-state index contributed by atoms with van der Waals surface area (Å²) >= 11 is 0. The molecule has 0 aromatic heterocycles. The molecule has 1 aliphatic rings. The van der Waals surface area contributed by atoms with E-state index in [0.29, 0.717) is 5.92 Å². The van der Waals surface area contributed by atoms with Crippen LogP contribution < -0.4 is 10.6 Å². The van der Waals surface area contributed by atoms with E-state index in [4.69, 9.17) is 0 Å². The van der Waals surface area contributed by atoms with E-state index < -0.39 is 0 Å². The van der Waals surface area contributed by atoms with Crippen molar-refractivity contribution in [3.05, 3.63) is 29.8 Å². The van der Waals surface area contributed by atoms with Gasteiger partial charge in [-0.3, -0.25) is 4.79 Å². The largest absolute Gasteiger partial charge is 0.326 e. The number of carbonyl (C=O) groups is 1. The van der Waals surface area contributed by atoms with E-state index in [1.165, 1.54) is 25.3 Å². The molecule has 1 fully saturated rings. The molecule has 2 N–H and O–H groups in total. The number of piperidine rings is 1. The van der Waals surface area contributed by atoms with Crippen molar-refractivity contribution in [2.75, 3.05) is 18.4 Å². The van der Waals surface area contributed by atoms with Crippen molar-refractivity contribution in [1.29, 1.82) is 0 Å². The third-order valence-electron chi connectivity index (χ3n) is 3.02. The van der Waals surface area contributed by atoms with Gasteiger partial charge in [0.15, 0.2) is 0 Å². The van der Waals surface area contributed by atoms with Gasteiger partial charge in [-0.15, -0.1) is 0 Å². The van der Waals surface area contributed by atoms with Gasteiger partial charge in [0.25, 0.3) is 0 Å². The maximum absolute atomic E-state index is 11.0. The number of hydrogen-bond donors (Lipinski definition) is 2. The van der Waals surface area contributed by atoms with Crippen LogP contribution in [0.4, 0.5) is 5.69 Å². The van der Waals surface area contributed by atoms with E-state index in [9.17, 15) is 4.79 Å². The lowest BCUT2D eigenvalue weighted by atomic mass is 9.90. The molecule has 1 heterocycles. The monoisotopic (exact) mass is 218 g/mol. The highest BCUT2D eigenvalue weighted by molar-refractivity contribution is 5.88. The van der Waals surface area contributed by atoms with Crippen molar-refractivity contribution in [3.8, 4) is 0 Å². The second kappa shape index (κ2) is 5.12. The predicted molar refractivity (Wildman–Crippen MR) is 65.6 cm³/mol. The van der Waals surface area contributed by atoms with Gasteiger partial charge in [0.2, 0.25) is 5.91 Å². The Bertz CT molecular complexity index is 370. The smallest absolute Gasteiger partial charge is 0.221 e.